The molecule has 0 atom stereocenters. The average Bonchev–Trinajstić information content (AvgIpc) is 2.14. The second-order valence-electron chi connectivity index (χ2n) is 2.38. The summed E-state index contributed by atoms with van der Waals surface area (Å²) in [6.45, 7) is 1.31. The van der Waals surface area contributed by atoms with Crippen LogP contribution in [0.5, 0.6) is 0 Å². The lowest BCUT2D eigenvalue weighted by Gasteiger charge is -1.99. The Morgan fingerprint density at radius 2 is 2.00 bits per heavy atom. The van der Waals surface area contributed by atoms with E-state index in [0.29, 0.717) is 6.54 Å². The van der Waals surface area contributed by atoms with Crippen molar-refractivity contribution < 1.29 is 5.11 Å². The molecule has 1 aromatic carbocycles. The monoisotopic (exact) mass is 161 g/mol. The molecule has 0 aliphatic rings. The Morgan fingerprint density at radius 3 is 2.67 bits per heavy atom. The molecule has 0 saturated heterocycles. The molecule has 62 valence electrons. The van der Waals surface area contributed by atoms with E-state index in [1.165, 1.54) is 5.56 Å². The zero-order valence-corrected chi connectivity index (χ0v) is 6.75. The van der Waals surface area contributed by atoms with Crippen molar-refractivity contribution in [3.8, 4) is 12.0 Å². The molecule has 12 heavy (non-hydrogen) atoms. The van der Waals surface area contributed by atoms with Crippen molar-refractivity contribution in [3.05, 3.63) is 35.9 Å². The summed E-state index contributed by atoms with van der Waals surface area (Å²) >= 11 is 0. The second kappa shape index (κ2) is 5.22. The summed E-state index contributed by atoms with van der Waals surface area (Å²) in [5.41, 5.74) is 1.22. The van der Waals surface area contributed by atoms with Crippen LogP contribution < -0.4 is 5.32 Å². The minimum atomic E-state index is 0.519. The van der Waals surface area contributed by atoms with Gasteiger partial charge in [0.1, 0.15) is 6.11 Å². The van der Waals surface area contributed by atoms with E-state index in [9.17, 15) is 0 Å². The van der Waals surface area contributed by atoms with E-state index in [1.807, 2.05) is 36.4 Å². The second-order valence-corrected chi connectivity index (χ2v) is 2.38. The minimum absolute atomic E-state index is 0.519. The van der Waals surface area contributed by atoms with E-state index >= 15 is 0 Å². The SMILES string of the molecule is OC#CCNCc1ccccc1. The molecule has 0 radical (unpaired) electrons. The number of nitrogens with one attached hydrogen (secondary N) is 1. The third-order valence-corrected chi connectivity index (χ3v) is 1.46. The highest BCUT2D eigenvalue weighted by Crippen LogP contribution is 1.96. The number of hydrogen-bond acceptors (Lipinski definition) is 2. The van der Waals surface area contributed by atoms with Gasteiger partial charge in [0.05, 0.1) is 6.54 Å². The largest absolute Gasteiger partial charge is 0.462 e. The molecule has 2 N–H and O–H groups in total. The Hall–Kier alpha value is -1.46. The van der Waals surface area contributed by atoms with Crippen LogP contribution in [0.4, 0.5) is 0 Å². The van der Waals surface area contributed by atoms with E-state index in [2.05, 4.69) is 11.2 Å². The normalized spacial score (nSPS) is 8.67. The molecule has 2 nitrogen and oxygen atoms in total. The molecule has 0 aliphatic carbocycles. The first-order valence-corrected chi connectivity index (χ1v) is 3.80. The van der Waals surface area contributed by atoms with Crippen LogP contribution in [0.1, 0.15) is 5.56 Å². The predicted octanol–water partition coefficient (Wildman–Crippen LogP) is 1.11. The van der Waals surface area contributed by atoms with Crippen LogP contribution >= 0.6 is 0 Å². The van der Waals surface area contributed by atoms with Gasteiger partial charge in [-0.3, -0.25) is 0 Å². The maximum Gasteiger partial charge on any atom is 0.108 e. The van der Waals surface area contributed by atoms with Gasteiger partial charge in [0.25, 0.3) is 0 Å². The van der Waals surface area contributed by atoms with Crippen LogP contribution in [-0.2, 0) is 6.54 Å². The molecule has 2 heteroatoms. The summed E-state index contributed by atoms with van der Waals surface area (Å²) in [4.78, 5) is 0. The van der Waals surface area contributed by atoms with Gasteiger partial charge in [-0.2, -0.15) is 0 Å². The van der Waals surface area contributed by atoms with E-state index in [-0.39, 0.29) is 0 Å². The van der Waals surface area contributed by atoms with Gasteiger partial charge in [-0.25, -0.2) is 0 Å². The zero-order valence-electron chi connectivity index (χ0n) is 6.75. The van der Waals surface area contributed by atoms with Crippen molar-refractivity contribution in [1.29, 1.82) is 0 Å². The van der Waals surface area contributed by atoms with Crippen LogP contribution in [0, 0.1) is 12.0 Å². The summed E-state index contributed by atoms with van der Waals surface area (Å²) in [6.07, 6.45) is 1.84. The van der Waals surface area contributed by atoms with Crippen LogP contribution in [0.25, 0.3) is 0 Å². The van der Waals surface area contributed by atoms with Crippen molar-refractivity contribution in [2.45, 2.75) is 6.54 Å². The molecule has 0 unspecified atom stereocenters. The fraction of sp³-hybridized carbons (Fsp3) is 0.200. The van der Waals surface area contributed by atoms with E-state index in [4.69, 9.17) is 5.11 Å². The van der Waals surface area contributed by atoms with E-state index < -0.39 is 0 Å². The Balaban J connectivity index is 2.27. The highest BCUT2D eigenvalue weighted by atomic mass is 16.2. The topological polar surface area (TPSA) is 32.3 Å². The molecule has 0 heterocycles. The maximum absolute atomic E-state index is 8.16. The van der Waals surface area contributed by atoms with Gasteiger partial charge in [-0.1, -0.05) is 30.3 Å². The zero-order chi connectivity index (χ0) is 8.65. The lowest BCUT2D eigenvalue weighted by molar-refractivity contribution is 0.516. The fourth-order valence-corrected chi connectivity index (χ4v) is 0.905. The predicted molar refractivity (Wildman–Crippen MR) is 47.9 cm³/mol. The van der Waals surface area contributed by atoms with E-state index in [0.717, 1.165) is 6.54 Å². The van der Waals surface area contributed by atoms with Crippen LogP contribution in [0.2, 0.25) is 0 Å². The van der Waals surface area contributed by atoms with Gasteiger partial charge in [0.15, 0.2) is 0 Å². The Bertz CT molecular complexity index is 271. The van der Waals surface area contributed by atoms with E-state index in [1.54, 1.807) is 0 Å². The first-order valence-electron chi connectivity index (χ1n) is 3.80. The first kappa shape index (κ1) is 8.63. The van der Waals surface area contributed by atoms with Crippen molar-refractivity contribution in [1.82, 2.24) is 5.32 Å². The van der Waals surface area contributed by atoms with Gasteiger partial charge in [-0.05, 0) is 11.5 Å². The Morgan fingerprint density at radius 1 is 1.25 bits per heavy atom. The van der Waals surface area contributed by atoms with Gasteiger partial charge in [0, 0.05) is 6.54 Å². The average molecular weight is 161 g/mol. The Labute approximate surface area is 72.2 Å². The molecule has 1 aromatic rings. The lowest BCUT2D eigenvalue weighted by atomic mass is 10.2. The van der Waals surface area contributed by atoms with Crippen LogP contribution in [0.15, 0.2) is 30.3 Å². The first-order chi connectivity index (χ1) is 5.93. The molecule has 1 rings (SSSR count). The van der Waals surface area contributed by atoms with Crippen molar-refractivity contribution >= 4 is 0 Å². The third-order valence-electron chi connectivity index (χ3n) is 1.46. The van der Waals surface area contributed by atoms with Gasteiger partial charge in [0.2, 0.25) is 0 Å². The number of aliphatic hydroxyl groups is 1. The third kappa shape index (κ3) is 3.09. The standard InChI is InChI=1S/C10H11NO/c12-8-4-7-11-9-10-5-2-1-3-6-10/h1-3,5-6,11-12H,7,9H2. The van der Waals surface area contributed by atoms with Gasteiger partial charge >= 0.3 is 0 Å². The molecular weight excluding hydrogens is 150 g/mol. The fourth-order valence-electron chi connectivity index (χ4n) is 0.905. The summed E-state index contributed by atoms with van der Waals surface area (Å²) in [5, 5.41) is 11.2. The number of aliphatic hydroxyl groups excluding tert-OH is 1. The molecule has 0 fully saturated rings. The maximum atomic E-state index is 8.16. The quantitative estimate of drug-likeness (QED) is 0.514. The molecule has 0 amide bonds. The van der Waals surface area contributed by atoms with Gasteiger partial charge < -0.3 is 10.4 Å². The number of rotatable bonds is 3. The molecule has 0 bridgehead atoms. The van der Waals surface area contributed by atoms with Crippen molar-refractivity contribution in [2.75, 3.05) is 6.54 Å². The molecule has 0 saturated carbocycles. The lowest BCUT2D eigenvalue weighted by Crippen LogP contribution is -2.12. The smallest absolute Gasteiger partial charge is 0.108 e. The Kier molecular flexibility index (Phi) is 3.76. The summed E-state index contributed by atoms with van der Waals surface area (Å²) in [7, 11) is 0. The van der Waals surface area contributed by atoms with Crippen molar-refractivity contribution in [2.24, 2.45) is 0 Å². The number of hydrogen-bond donors (Lipinski definition) is 2. The van der Waals surface area contributed by atoms with Crippen molar-refractivity contribution in [3.63, 3.8) is 0 Å². The molecule has 0 aromatic heterocycles. The molecule has 0 spiro atoms. The van der Waals surface area contributed by atoms with Crippen LogP contribution in [0.3, 0.4) is 0 Å². The van der Waals surface area contributed by atoms with Gasteiger partial charge in [-0.15, -0.1) is 0 Å². The summed E-state index contributed by atoms with van der Waals surface area (Å²) < 4.78 is 0. The highest BCUT2D eigenvalue weighted by Gasteiger charge is 1.87. The van der Waals surface area contributed by atoms with Crippen LogP contribution in [-0.4, -0.2) is 11.7 Å². The molecular formula is C10H11NO. The molecule has 0 aliphatic heterocycles. The highest BCUT2D eigenvalue weighted by molar-refractivity contribution is 5.14. The number of benzene rings is 1. The minimum Gasteiger partial charge on any atom is -0.462 e. The summed E-state index contributed by atoms with van der Waals surface area (Å²) in [5.74, 6) is 2.51. The summed E-state index contributed by atoms with van der Waals surface area (Å²) in [6, 6.07) is 10.1.